The molecule has 2 aromatic heterocycles. The van der Waals surface area contributed by atoms with E-state index in [0.717, 1.165) is 24.3 Å². The molecule has 110 valence electrons. The minimum absolute atomic E-state index is 0.206. The van der Waals surface area contributed by atoms with Crippen LogP contribution in [0.3, 0.4) is 0 Å². The number of aromatic nitrogens is 4. The van der Waals surface area contributed by atoms with Crippen LogP contribution in [0.1, 0.15) is 0 Å². The minimum Gasteiger partial charge on any atom is -0.335 e. The van der Waals surface area contributed by atoms with E-state index < -0.39 is 23.3 Å². The van der Waals surface area contributed by atoms with Crippen LogP contribution in [0.5, 0.6) is 0 Å². The highest BCUT2D eigenvalue weighted by Gasteiger charge is 2.14. The first-order chi connectivity index (χ1) is 10.5. The van der Waals surface area contributed by atoms with E-state index >= 15 is 0 Å². The average Bonchev–Trinajstić information content (AvgIpc) is 3.03. The van der Waals surface area contributed by atoms with Crippen LogP contribution in [0.25, 0.3) is 33.7 Å². The lowest BCUT2D eigenvalue weighted by atomic mass is 10.3. The van der Waals surface area contributed by atoms with Crippen molar-refractivity contribution >= 4 is 22.1 Å². The maximum atomic E-state index is 13.2. The molecular formula is C14H6F4N4. The van der Waals surface area contributed by atoms with Gasteiger partial charge in [0.15, 0.2) is 34.9 Å². The predicted octanol–water partition coefficient (Wildman–Crippen LogP) is 3.66. The van der Waals surface area contributed by atoms with Gasteiger partial charge in [0, 0.05) is 24.3 Å². The maximum absolute atomic E-state index is 13.2. The maximum Gasteiger partial charge on any atom is 0.174 e. The van der Waals surface area contributed by atoms with Gasteiger partial charge in [0.1, 0.15) is 0 Å². The number of hydrogen-bond acceptors (Lipinski definition) is 2. The molecule has 0 saturated carbocycles. The lowest BCUT2D eigenvalue weighted by Gasteiger charge is -1.90. The zero-order chi connectivity index (χ0) is 15.4. The molecule has 4 aromatic rings. The van der Waals surface area contributed by atoms with E-state index in [9.17, 15) is 17.6 Å². The summed E-state index contributed by atoms with van der Waals surface area (Å²) in [6.07, 6.45) is 0. The largest absolute Gasteiger partial charge is 0.335 e. The van der Waals surface area contributed by atoms with Gasteiger partial charge >= 0.3 is 0 Å². The molecule has 0 fully saturated rings. The summed E-state index contributed by atoms with van der Waals surface area (Å²) in [4.78, 5) is 13.7. The molecule has 0 aliphatic carbocycles. The topological polar surface area (TPSA) is 57.4 Å². The van der Waals surface area contributed by atoms with Gasteiger partial charge in [-0.15, -0.1) is 0 Å². The third-order valence-corrected chi connectivity index (χ3v) is 3.27. The van der Waals surface area contributed by atoms with E-state index in [1.807, 2.05) is 0 Å². The molecule has 4 rings (SSSR count). The number of nitrogens with zero attached hydrogens (tertiary/aromatic N) is 2. The molecule has 0 saturated heterocycles. The lowest BCUT2D eigenvalue weighted by molar-refractivity contribution is 0.510. The summed E-state index contributed by atoms with van der Waals surface area (Å²) in [6, 6.07) is 3.85. The first-order valence-corrected chi connectivity index (χ1v) is 6.21. The van der Waals surface area contributed by atoms with Crippen molar-refractivity contribution in [3.63, 3.8) is 0 Å². The van der Waals surface area contributed by atoms with Crippen molar-refractivity contribution in [2.45, 2.75) is 0 Å². The number of rotatable bonds is 1. The molecule has 0 radical (unpaired) electrons. The van der Waals surface area contributed by atoms with Crippen LogP contribution in [0.15, 0.2) is 24.3 Å². The van der Waals surface area contributed by atoms with Gasteiger partial charge in [0.2, 0.25) is 0 Å². The van der Waals surface area contributed by atoms with Crippen molar-refractivity contribution in [2.24, 2.45) is 0 Å². The Morgan fingerprint density at radius 3 is 1.36 bits per heavy atom. The van der Waals surface area contributed by atoms with E-state index in [4.69, 9.17) is 0 Å². The molecular weight excluding hydrogens is 300 g/mol. The van der Waals surface area contributed by atoms with Crippen LogP contribution in [-0.4, -0.2) is 19.9 Å². The fourth-order valence-electron chi connectivity index (χ4n) is 2.23. The number of H-pyrrole nitrogens is 2. The van der Waals surface area contributed by atoms with Crippen LogP contribution >= 0.6 is 0 Å². The Bertz CT molecular complexity index is 872. The Kier molecular flexibility index (Phi) is 2.50. The van der Waals surface area contributed by atoms with Gasteiger partial charge in [-0.3, -0.25) is 0 Å². The number of fused-ring (bicyclic) bond motifs is 2. The summed E-state index contributed by atoms with van der Waals surface area (Å²) in [6.45, 7) is 0. The monoisotopic (exact) mass is 306 g/mol. The lowest BCUT2D eigenvalue weighted by Crippen LogP contribution is -1.82. The number of imidazole rings is 2. The van der Waals surface area contributed by atoms with E-state index in [2.05, 4.69) is 19.9 Å². The van der Waals surface area contributed by atoms with Gasteiger partial charge in [0.05, 0.1) is 22.1 Å². The van der Waals surface area contributed by atoms with Crippen molar-refractivity contribution in [3.05, 3.63) is 47.5 Å². The Labute approximate surface area is 119 Å². The predicted molar refractivity (Wildman–Crippen MR) is 71.0 cm³/mol. The van der Waals surface area contributed by atoms with E-state index in [1.54, 1.807) is 0 Å². The normalized spacial score (nSPS) is 11.6. The Morgan fingerprint density at radius 1 is 0.591 bits per heavy atom. The van der Waals surface area contributed by atoms with E-state index in [1.165, 1.54) is 0 Å². The highest BCUT2D eigenvalue weighted by atomic mass is 19.2. The van der Waals surface area contributed by atoms with Gasteiger partial charge in [-0.1, -0.05) is 0 Å². The number of hydrogen-bond donors (Lipinski definition) is 2. The second-order valence-corrected chi connectivity index (χ2v) is 4.74. The third kappa shape index (κ3) is 1.84. The van der Waals surface area contributed by atoms with Gasteiger partial charge in [-0.05, 0) is 0 Å². The van der Waals surface area contributed by atoms with Crippen molar-refractivity contribution in [1.82, 2.24) is 19.9 Å². The summed E-state index contributed by atoms with van der Waals surface area (Å²) < 4.78 is 52.7. The number of nitrogens with one attached hydrogen (secondary N) is 2. The Balaban J connectivity index is 1.90. The van der Waals surface area contributed by atoms with Crippen molar-refractivity contribution in [1.29, 1.82) is 0 Å². The van der Waals surface area contributed by atoms with Crippen molar-refractivity contribution < 1.29 is 17.6 Å². The molecule has 2 aromatic carbocycles. The first-order valence-electron chi connectivity index (χ1n) is 6.21. The third-order valence-electron chi connectivity index (χ3n) is 3.27. The quantitative estimate of drug-likeness (QED) is 0.527. The molecule has 0 aliphatic rings. The first kappa shape index (κ1) is 12.8. The van der Waals surface area contributed by atoms with Crippen LogP contribution in [0.4, 0.5) is 17.6 Å². The summed E-state index contributed by atoms with van der Waals surface area (Å²) >= 11 is 0. The minimum atomic E-state index is -1.01. The molecule has 0 bridgehead atoms. The zero-order valence-electron chi connectivity index (χ0n) is 10.7. The molecule has 8 heteroatoms. The number of aromatic amines is 2. The summed E-state index contributed by atoms with van der Waals surface area (Å²) in [5.41, 5.74) is 0.997. The average molecular weight is 306 g/mol. The zero-order valence-corrected chi connectivity index (χ0v) is 10.7. The van der Waals surface area contributed by atoms with Crippen molar-refractivity contribution in [2.75, 3.05) is 0 Å². The SMILES string of the molecule is Fc1cc2nc(-c3nc4cc(F)c(F)cc4[nH]3)[nH]c2cc1F. The van der Waals surface area contributed by atoms with Crippen LogP contribution < -0.4 is 0 Å². The second-order valence-electron chi connectivity index (χ2n) is 4.74. The number of halogens is 4. The van der Waals surface area contributed by atoms with Gasteiger partial charge < -0.3 is 9.97 Å². The molecule has 0 unspecified atom stereocenters. The fraction of sp³-hybridized carbons (Fsp3) is 0. The van der Waals surface area contributed by atoms with E-state index in [-0.39, 0.29) is 33.7 Å². The summed E-state index contributed by atoms with van der Waals surface area (Å²) in [5, 5.41) is 0. The van der Waals surface area contributed by atoms with Crippen LogP contribution in [-0.2, 0) is 0 Å². The summed E-state index contributed by atoms with van der Waals surface area (Å²) in [5.74, 6) is -3.62. The van der Waals surface area contributed by atoms with Crippen LogP contribution in [0.2, 0.25) is 0 Å². The Hall–Kier alpha value is -2.90. The second kappa shape index (κ2) is 4.30. The van der Waals surface area contributed by atoms with Gasteiger partial charge in [-0.25, -0.2) is 27.5 Å². The molecule has 4 nitrogen and oxygen atoms in total. The molecule has 0 spiro atoms. The van der Waals surface area contributed by atoms with Crippen molar-refractivity contribution in [3.8, 4) is 11.6 Å². The molecule has 0 atom stereocenters. The fourth-order valence-corrected chi connectivity index (χ4v) is 2.23. The van der Waals surface area contributed by atoms with Gasteiger partial charge in [-0.2, -0.15) is 0 Å². The summed E-state index contributed by atoms with van der Waals surface area (Å²) in [7, 11) is 0. The molecule has 2 N–H and O–H groups in total. The standard InChI is InChI=1S/C14H6F4N4/c15-5-1-9-10(2-6(5)16)20-13(19-9)14-21-11-3-7(17)8(18)4-12(11)22-14/h1-4H,(H,19,20)(H,21,22). The molecule has 2 heterocycles. The van der Waals surface area contributed by atoms with E-state index in [0.29, 0.717) is 0 Å². The molecule has 22 heavy (non-hydrogen) atoms. The molecule has 0 aliphatic heterocycles. The Morgan fingerprint density at radius 2 is 0.955 bits per heavy atom. The van der Waals surface area contributed by atoms with Crippen LogP contribution in [0, 0.1) is 23.3 Å². The molecule has 0 amide bonds. The highest BCUT2D eigenvalue weighted by Crippen LogP contribution is 2.24. The number of benzene rings is 2. The van der Waals surface area contributed by atoms with Gasteiger partial charge in [0.25, 0.3) is 0 Å². The highest BCUT2D eigenvalue weighted by molar-refractivity contribution is 5.82. The smallest absolute Gasteiger partial charge is 0.174 e.